The van der Waals surface area contributed by atoms with Crippen LogP contribution in [0.4, 0.5) is 0 Å². The van der Waals surface area contributed by atoms with Crippen LogP contribution < -0.4 is 10.6 Å². The van der Waals surface area contributed by atoms with Crippen molar-refractivity contribution in [2.24, 2.45) is 4.99 Å². The number of nitrogens with one attached hydrogen (secondary N) is 2. The highest BCUT2D eigenvalue weighted by atomic mass is 127. The van der Waals surface area contributed by atoms with Crippen molar-refractivity contribution in [3.8, 4) is 0 Å². The summed E-state index contributed by atoms with van der Waals surface area (Å²) < 4.78 is 5.24. The average molecular weight is 441 g/mol. The Balaban J connectivity index is 0.00000441. The summed E-state index contributed by atoms with van der Waals surface area (Å²) in [5, 5.41) is 10.4. The van der Waals surface area contributed by atoms with Crippen LogP contribution in [0.25, 0.3) is 0 Å². The summed E-state index contributed by atoms with van der Waals surface area (Å²) in [7, 11) is 0. The summed E-state index contributed by atoms with van der Waals surface area (Å²) >= 11 is 1.82. The molecular formula is C14H28IN5OS. The maximum absolute atomic E-state index is 5.09. The smallest absolute Gasteiger partial charge is 0.226 e. The SMILES string of the molecule is CCNC(=NCC(C)(C)SC)NCCCc1nc(C)no1.I. The molecule has 0 aliphatic heterocycles. The third kappa shape index (κ3) is 8.82. The number of aliphatic imine (C=N–C) groups is 1. The molecule has 1 rings (SSSR count). The van der Waals surface area contributed by atoms with Crippen molar-refractivity contribution in [2.75, 3.05) is 25.9 Å². The zero-order valence-electron chi connectivity index (χ0n) is 14.1. The molecule has 0 saturated carbocycles. The summed E-state index contributed by atoms with van der Waals surface area (Å²) in [5.74, 6) is 2.24. The van der Waals surface area contributed by atoms with Gasteiger partial charge in [-0.1, -0.05) is 5.16 Å². The van der Waals surface area contributed by atoms with Crippen molar-refractivity contribution < 1.29 is 4.52 Å². The predicted molar refractivity (Wildman–Crippen MR) is 104 cm³/mol. The second-order valence-electron chi connectivity index (χ2n) is 5.42. The first-order chi connectivity index (χ1) is 9.96. The second kappa shape index (κ2) is 11.1. The van der Waals surface area contributed by atoms with Crippen LogP contribution in [-0.2, 0) is 6.42 Å². The van der Waals surface area contributed by atoms with E-state index in [1.165, 1.54) is 0 Å². The molecule has 0 atom stereocenters. The van der Waals surface area contributed by atoms with Gasteiger partial charge in [0.05, 0.1) is 6.54 Å². The highest BCUT2D eigenvalue weighted by Crippen LogP contribution is 2.20. The van der Waals surface area contributed by atoms with Gasteiger partial charge in [0.1, 0.15) is 0 Å². The largest absolute Gasteiger partial charge is 0.357 e. The van der Waals surface area contributed by atoms with E-state index in [9.17, 15) is 0 Å². The molecule has 0 unspecified atom stereocenters. The van der Waals surface area contributed by atoms with E-state index in [1.54, 1.807) is 0 Å². The molecule has 1 aromatic heterocycles. The van der Waals surface area contributed by atoms with E-state index in [4.69, 9.17) is 4.52 Å². The Morgan fingerprint density at radius 3 is 2.64 bits per heavy atom. The minimum Gasteiger partial charge on any atom is -0.357 e. The number of thioether (sulfide) groups is 1. The summed E-state index contributed by atoms with van der Waals surface area (Å²) in [4.78, 5) is 8.82. The maximum atomic E-state index is 5.09. The molecule has 128 valence electrons. The first kappa shape index (κ1) is 21.5. The molecule has 0 fully saturated rings. The molecule has 1 aromatic rings. The number of aryl methyl sites for hydroxylation is 2. The Morgan fingerprint density at radius 2 is 2.09 bits per heavy atom. The van der Waals surface area contributed by atoms with Gasteiger partial charge in [-0.05, 0) is 40.4 Å². The van der Waals surface area contributed by atoms with Gasteiger partial charge in [0.25, 0.3) is 0 Å². The lowest BCUT2D eigenvalue weighted by atomic mass is 10.2. The zero-order chi connectivity index (χ0) is 15.7. The van der Waals surface area contributed by atoms with Gasteiger partial charge in [-0.2, -0.15) is 16.7 Å². The highest BCUT2D eigenvalue weighted by molar-refractivity contribution is 14.0. The predicted octanol–water partition coefficient (Wildman–Crippen LogP) is 2.63. The third-order valence-electron chi connectivity index (χ3n) is 2.94. The fourth-order valence-electron chi connectivity index (χ4n) is 1.56. The van der Waals surface area contributed by atoms with Crippen molar-refractivity contribution in [1.29, 1.82) is 0 Å². The summed E-state index contributed by atoms with van der Waals surface area (Å²) in [6.07, 6.45) is 3.82. The number of guanidine groups is 1. The van der Waals surface area contributed by atoms with Crippen LogP contribution in [-0.4, -0.2) is 46.7 Å². The average Bonchev–Trinajstić information content (AvgIpc) is 2.86. The molecule has 0 spiro atoms. The van der Waals surface area contributed by atoms with Gasteiger partial charge in [-0.3, -0.25) is 4.99 Å². The van der Waals surface area contributed by atoms with Crippen LogP contribution in [0.5, 0.6) is 0 Å². The van der Waals surface area contributed by atoms with Crippen molar-refractivity contribution in [3.05, 3.63) is 11.7 Å². The molecule has 0 amide bonds. The highest BCUT2D eigenvalue weighted by Gasteiger charge is 2.15. The Morgan fingerprint density at radius 1 is 1.36 bits per heavy atom. The van der Waals surface area contributed by atoms with Crippen molar-refractivity contribution in [1.82, 2.24) is 20.8 Å². The van der Waals surface area contributed by atoms with E-state index in [1.807, 2.05) is 18.7 Å². The third-order valence-corrected chi connectivity index (χ3v) is 4.18. The summed E-state index contributed by atoms with van der Waals surface area (Å²) in [6, 6.07) is 0. The van der Waals surface area contributed by atoms with Gasteiger partial charge >= 0.3 is 0 Å². The molecule has 0 aliphatic carbocycles. The minimum absolute atomic E-state index is 0. The topological polar surface area (TPSA) is 75.3 Å². The molecule has 6 nitrogen and oxygen atoms in total. The van der Waals surface area contributed by atoms with Gasteiger partial charge in [0.15, 0.2) is 11.8 Å². The molecule has 0 aromatic carbocycles. The normalized spacial score (nSPS) is 12.0. The van der Waals surface area contributed by atoms with Crippen LogP contribution in [0.3, 0.4) is 0 Å². The van der Waals surface area contributed by atoms with E-state index in [0.29, 0.717) is 11.7 Å². The number of nitrogens with zero attached hydrogens (tertiary/aromatic N) is 3. The molecular weight excluding hydrogens is 413 g/mol. The monoisotopic (exact) mass is 441 g/mol. The van der Waals surface area contributed by atoms with E-state index >= 15 is 0 Å². The van der Waals surface area contributed by atoms with Crippen LogP contribution in [0.15, 0.2) is 9.52 Å². The Hall–Kier alpha value is -0.510. The van der Waals surface area contributed by atoms with Crippen molar-refractivity contribution in [3.63, 3.8) is 0 Å². The van der Waals surface area contributed by atoms with Gasteiger partial charge in [0, 0.05) is 24.3 Å². The lowest BCUT2D eigenvalue weighted by Gasteiger charge is -2.20. The standard InChI is InChI=1S/C14H27N5OS.HI/c1-6-15-13(17-10-14(3,4)21-5)16-9-7-8-12-18-11(2)19-20-12;/h6-10H2,1-5H3,(H2,15,16,17);1H. The summed E-state index contributed by atoms with van der Waals surface area (Å²) in [6.45, 7) is 10.8. The van der Waals surface area contributed by atoms with Crippen LogP contribution in [0.2, 0.25) is 0 Å². The Labute approximate surface area is 154 Å². The lowest BCUT2D eigenvalue weighted by Crippen LogP contribution is -2.39. The first-order valence-corrected chi connectivity index (χ1v) is 8.56. The Kier molecular flexibility index (Phi) is 10.8. The second-order valence-corrected chi connectivity index (χ2v) is 6.94. The van der Waals surface area contributed by atoms with E-state index in [0.717, 1.165) is 38.4 Å². The molecule has 0 radical (unpaired) electrons. The number of halogens is 1. The first-order valence-electron chi connectivity index (χ1n) is 7.33. The minimum atomic E-state index is 0. The van der Waals surface area contributed by atoms with E-state index in [2.05, 4.69) is 52.8 Å². The van der Waals surface area contributed by atoms with Gasteiger partial charge < -0.3 is 15.2 Å². The number of aromatic nitrogens is 2. The van der Waals surface area contributed by atoms with Crippen molar-refractivity contribution >= 4 is 41.7 Å². The fourth-order valence-corrected chi connectivity index (χ4v) is 1.76. The number of rotatable bonds is 8. The quantitative estimate of drug-likeness (QED) is 0.280. The summed E-state index contributed by atoms with van der Waals surface area (Å²) in [5.41, 5.74) is 0. The van der Waals surface area contributed by atoms with Crippen LogP contribution >= 0.6 is 35.7 Å². The zero-order valence-corrected chi connectivity index (χ0v) is 17.2. The van der Waals surface area contributed by atoms with Crippen LogP contribution in [0.1, 0.15) is 38.9 Å². The molecule has 1 heterocycles. The maximum Gasteiger partial charge on any atom is 0.226 e. The van der Waals surface area contributed by atoms with E-state index < -0.39 is 0 Å². The molecule has 22 heavy (non-hydrogen) atoms. The van der Waals surface area contributed by atoms with Gasteiger partial charge in [-0.25, -0.2) is 0 Å². The van der Waals surface area contributed by atoms with Crippen molar-refractivity contribution in [2.45, 2.75) is 45.3 Å². The van der Waals surface area contributed by atoms with Gasteiger partial charge in [0.2, 0.25) is 5.89 Å². The molecule has 0 aliphatic rings. The number of hydrogen-bond acceptors (Lipinski definition) is 5. The molecule has 0 saturated heterocycles. The molecule has 8 heteroatoms. The Bertz CT molecular complexity index is 450. The lowest BCUT2D eigenvalue weighted by molar-refractivity contribution is 0.372. The van der Waals surface area contributed by atoms with Crippen LogP contribution in [0, 0.1) is 6.92 Å². The molecule has 0 bridgehead atoms. The fraction of sp³-hybridized carbons (Fsp3) is 0.786. The number of hydrogen-bond donors (Lipinski definition) is 2. The van der Waals surface area contributed by atoms with Gasteiger partial charge in [-0.15, -0.1) is 24.0 Å². The molecule has 2 N–H and O–H groups in total. The van der Waals surface area contributed by atoms with E-state index in [-0.39, 0.29) is 28.7 Å².